The van der Waals surface area contributed by atoms with Gasteiger partial charge in [-0.2, -0.15) is 0 Å². The molecule has 1 aromatic carbocycles. The van der Waals surface area contributed by atoms with Crippen LogP contribution in [-0.4, -0.2) is 16.6 Å². The molecule has 0 aliphatic rings. The molecule has 0 radical (unpaired) electrons. The maximum absolute atomic E-state index is 9.94. The number of hydrogen-bond donors (Lipinski definition) is 2. The van der Waals surface area contributed by atoms with Crippen molar-refractivity contribution in [3.8, 4) is 0 Å². The Balaban J connectivity index is 1.81. The Labute approximate surface area is 111 Å². The highest BCUT2D eigenvalue weighted by Crippen LogP contribution is 2.15. The molecule has 0 amide bonds. The molecule has 18 heavy (non-hydrogen) atoms. The highest BCUT2D eigenvalue weighted by molar-refractivity contribution is 6.30. The lowest BCUT2D eigenvalue weighted by Gasteiger charge is -2.11. The van der Waals surface area contributed by atoms with Crippen LogP contribution in [0.1, 0.15) is 23.3 Å². The van der Waals surface area contributed by atoms with E-state index in [1.54, 1.807) is 18.3 Å². The van der Waals surface area contributed by atoms with E-state index >= 15 is 0 Å². The first kappa shape index (κ1) is 13.1. The fourth-order valence-electron chi connectivity index (χ4n) is 1.60. The Morgan fingerprint density at radius 3 is 2.72 bits per heavy atom. The van der Waals surface area contributed by atoms with Gasteiger partial charge >= 0.3 is 0 Å². The van der Waals surface area contributed by atoms with Gasteiger partial charge in [0.05, 0.1) is 18.8 Å². The van der Waals surface area contributed by atoms with E-state index in [2.05, 4.69) is 10.3 Å². The zero-order valence-electron chi connectivity index (χ0n) is 10.1. The number of oxazole rings is 1. The highest BCUT2D eigenvalue weighted by atomic mass is 35.5. The Kier molecular flexibility index (Phi) is 4.36. The van der Waals surface area contributed by atoms with E-state index in [1.807, 2.05) is 19.1 Å². The summed E-state index contributed by atoms with van der Waals surface area (Å²) >= 11 is 5.79. The largest absolute Gasteiger partial charge is 0.445 e. The summed E-state index contributed by atoms with van der Waals surface area (Å²) < 4.78 is 5.31. The number of benzene rings is 1. The molecule has 96 valence electrons. The van der Waals surface area contributed by atoms with E-state index in [9.17, 15) is 5.11 Å². The first-order valence-electron chi connectivity index (χ1n) is 5.70. The van der Waals surface area contributed by atoms with Crippen molar-refractivity contribution < 1.29 is 9.52 Å². The van der Waals surface area contributed by atoms with Crippen molar-refractivity contribution >= 4 is 11.6 Å². The van der Waals surface area contributed by atoms with Crippen LogP contribution in [0.3, 0.4) is 0 Å². The standard InChI is InChI=1S/C13H15ClN2O2/c1-9-6-16-13(18-9)8-15-7-12(17)10-2-4-11(14)5-3-10/h2-6,12,15,17H,7-8H2,1H3. The summed E-state index contributed by atoms with van der Waals surface area (Å²) in [6, 6.07) is 7.14. The second kappa shape index (κ2) is 6.00. The maximum Gasteiger partial charge on any atom is 0.208 e. The number of nitrogens with zero attached hydrogens (tertiary/aromatic N) is 1. The van der Waals surface area contributed by atoms with Crippen LogP contribution in [0.25, 0.3) is 0 Å². The number of rotatable bonds is 5. The van der Waals surface area contributed by atoms with Gasteiger partial charge in [-0.05, 0) is 24.6 Å². The molecule has 0 saturated carbocycles. The Bertz CT molecular complexity index is 496. The van der Waals surface area contributed by atoms with Gasteiger partial charge in [0.15, 0.2) is 0 Å². The molecule has 0 fully saturated rings. The topological polar surface area (TPSA) is 58.3 Å². The van der Waals surface area contributed by atoms with Gasteiger partial charge in [-0.15, -0.1) is 0 Å². The fourth-order valence-corrected chi connectivity index (χ4v) is 1.73. The van der Waals surface area contributed by atoms with Gasteiger partial charge in [-0.3, -0.25) is 0 Å². The molecule has 2 aromatic rings. The van der Waals surface area contributed by atoms with Crippen LogP contribution in [-0.2, 0) is 6.54 Å². The average molecular weight is 267 g/mol. The number of nitrogens with one attached hydrogen (secondary N) is 1. The molecule has 2 N–H and O–H groups in total. The predicted molar refractivity (Wildman–Crippen MR) is 69.4 cm³/mol. The molecular formula is C13H15ClN2O2. The lowest BCUT2D eigenvalue weighted by molar-refractivity contribution is 0.173. The minimum absolute atomic E-state index is 0.434. The number of aryl methyl sites for hydroxylation is 1. The van der Waals surface area contributed by atoms with Crippen molar-refractivity contribution in [1.29, 1.82) is 0 Å². The normalized spacial score (nSPS) is 12.6. The van der Waals surface area contributed by atoms with E-state index in [0.29, 0.717) is 24.0 Å². The quantitative estimate of drug-likeness (QED) is 0.873. The van der Waals surface area contributed by atoms with Gasteiger partial charge in [-0.25, -0.2) is 4.98 Å². The molecule has 0 aliphatic heterocycles. The van der Waals surface area contributed by atoms with E-state index in [-0.39, 0.29) is 0 Å². The molecule has 1 unspecified atom stereocenters. The Morgan fingerprint density at radius 2 is 2.11 bits per heavy atom. The second-order valence-electron chi connectivity index (χ2n) is 4.06. The molecule has 1 aromatic heterocycles. The minimum atomic E-state index is -0.571. The highest BCUT2D eigenvalue weighted by Gasteiger charge is 2.07. The van der Waals surface area contributed by atoms with E-state index in [0.717, 1.165) is 11.3 Å². The smallest absolute Gasteiger partial charge is 0.208 e. The molecule has 2 rings (SSSR count). The van der Waals surface area contributed by atoms with E-state index < -0.39 is 6.10 Å². The van der Waals surface area contributed by atoms with Gasteiger partial charge < -0.3 is 14.8 Å². The maximum atomic E-state index is 9.94. The summed E-state index contributed by atoms with van der Waals surface area (Å²) in [5, 5.41) is 13.7. The van der Waals surface area contributed by atoms with Crippen LogP contribution < -0.4 is 5.32 Å². The average Bonchev–Trinajstić information content (AvgIpc) is 2.76. The van der Waals surface area contributed by atoms with Gasteiger partial charge in [0.25, 0.3) is 0 Å². The summed E-state index contributed by atoms with van der Waals surface area (Å²) in [6.07, 6.45) is 1.10. The number of aliphatic hydroxyl groups is 1. The van der Waals surface area contributed by atoms with Crippen molar-refractivity contribution in [2.24, 2.45) is 0 Å². The zero-order valence-corrected chi connectivity index (χ0v) is 10.8. The van der Waals surface area contributed by atoms with E-state index in [4.69, 9.17) is 16.0 Å². The summed E-state index contributed by atoms with van der Waals surface area (Å²) in [6.45, 7) is 2.78. The first-order chi connectivity index (χ1) is 8.65. The number of halogens is 1. The Morgan fingerprint density at radius 1 is 1.39 bits per heavy atom. The van der Waals surface area contributed by atoms with Gasteiger partial charge in [-0.1, -0.05) is 23.7 Å². The molecule has 1 heterocycles. The van der Waals surface area contributed by atoms with Gasteiger partial charge in [0.1, 0.15) is 5.76 Å². The summed E-state index contributed by atoms with van der Waals surface area (Å²) in [5.74, 6) is 1.40. The molecule has 4 nitrogen and oxygen atoms in total. The summed E-state index contributed by atoms with van der Waals surface area (Å²) in [5.41, 5.74) is 0.829. The molecule has 0 saturated heterocycles. The van der Waals surface area contributed by atoms with E-state index in [1.165, 1.54) is 0 Å². The molecule has 0 aliphatic carbocycles. The monoisotopic (exact) mass is 266 g/mol. The molecule has 1 atom stereocenters. The number of hydrogen-bond acceptors (Lipinski definition) is 4. The molecule has 0 spiro atoms. The lowest BCUT2D eigenvalue weighted by Crippen LogP contribution is -2.21. The van der Waals surface area contributed by atoms with Crippen molar-refractivity contribution in [2.45, 2.75) is 19.6 Å². The molecule has 5 heteroatoms. The Hall–Kier alpha value is -1.36. The zero-order chi connectivity index (χ0) is 13.0. The van der Waals surface area contributed by atoms with Crippen molar-refractivity contribution in [3.05, 3.63) is 52.7 Å². The molecular weight excluding hydrogens is 252 g/mol. The van der Waals surface area contributed by atoms with Gasteiger partial charge in [0.2, 0.25) is 5.89 Å². The van der Waals surface area contributed by atoms with Crippen LogP contribution in [0, 0.1) is 6.92 Å². The van der Waals surface area contributed by atoms with Crippen LogP contribution >= 0.6 is 11.6 Å². The third-order valence-electron chi connectivity index (χ3n) is 2.54. The van der Waals surface area contributed by atoms with Crippen molar-refractivity contribution in [1.82, 2.24) is 10.3 Å². The summed E-state index contributed by atoms with van der Waals surface area (Å²) in [7, 11) is 0. The summed E-state index contributed by atoms with van der Waals surface area (Å²) in [4.78, 5) is 4.07. The van der Waals surface area contributed by atoms with Crippen molar-refractivity contribution in [2.75, 3.05) is 6.54 Å². The number of aromatic nitrogens is 1. The second-order valence-corrected chi connectivity index (χ2v) is 4.50. The third kappa shape index (κ3) is 3.57. The third-order valence-corrected chi connectivity index (χ3v) is 2.79. The van der Waals surface area contributed by atoms with Crippen LogP contribution in [0.15, 0.2) is 34.9 Å². The predicted octanol–water partition coefficient (Wildman–Crippen LogP) is 2.46. The molecule has 0 bridgehead atoms. The SMILES string of the molecule is Cc1cnc(CNCC(O)c2ccc(Cl)cc2)o1. The number of aliphatic hydroxyl groups excluding tert-OH is 1. The van der Waals surface area contributed by atoms with Crippen LogP contribution in [0.5, 0.6) is 0 Å². The van der Waals surface area contributed by atoms with Crippen LogP contribution in [0.2, 0.25) is 5.02 Å². The van der Waals surface area contributed by atoms with Gasteiger partial charge in [0, 0.05) is 11.6 Å². The first-order valence-corrected chi connectivity index (χ1v) is 6.08. The fraction of sp³-hybridized carbons (Fsp3) is 0.308. The minimum Gasteiger partial charge on any atom is -0.445 e. The van der Waals surface area contributed by atoms with Crippen molar-refractivity contribution in [3.63, 3.8) is 0 Å². The lowest BCUT2D eigenvalue weighted by atomic mass is 10.1. The van der Waals surface area contributed by atoms with Crippen LogP contribution in [0.4, 0.5) is 0 Å².